The smallest absolute Gasteiger partial charge is 0.340 e. The number of hydrogen-bond acceptors (Lipinski definition) is 3. The Balaban J connectivity index is 0.00000566. The molecule has 362 valence electrons. The molecule has 10 aromatic carbocycles. The van der Waals surface area contributed by atoms with Crippen LogP contribution >= 0.6 is 0 Å². The van der Waals surface area contributed by atoms with E-state index in [0.29, 0.717) is 0 Å². The average Bonchev–Trinajstić information content (AvgIpc) is 4.25. The van der Waals surface area contributed by atoms with E-state index in [1.165, 1.54) is 11.1 Å². The van der Waals surface area contributed by atoms with E-state index < -0.39 is 0 Å². The van der Waals surface area contributed by atoms with Crippen molar-refractivity contribution >= 4 is 27.3 Å². The van der Waals surface area contributed by atoms with Crippen molar-refractivity contribution in [2.75, 3.05) is 0 Å². The predicted molar refractivity (Wildman–Crippen MR) is 311 cm³/mol. The van der Waals surface area contributed by atoms with Gasteiger partial charge < -0.3 is 9.38 Å². The molecule has 0 unspecified atom stereocenters. The molecule has 0 amide bonds. The van der Waals surface area contributed by atoms with E-state index in [2.05, 4.69) is 240 Å². The minimum Gasteiger partial charge on any atom is -0.340 e. The number of benzene rings is 10. The molecule has 0 radical (unpaired) electrons. The Hall–Kier alpha value is -9.58. The first-order valence-corrected chi connectivity index (χ1v) is 25.5. The molecule has 4 heterocycles. The maximum atomic E-state index is 4.79. The van der Waals surface area contributed by atoms with Crippen LogP contribution in [0.4, 0.5) is 0 Å². The molecular formula is C71H44IrN5. The second-order valence-electron chi connectivity index (χ2n) is 19.0. The SMILES string of the molecule is [Ir+3].[c-]1cc(-c2ccccc2-c2cc(-c3ccccc3-c3c[c-]c(-n4cccn4)cc3)cc(-c3ccccc3-c3c[c-]c4c(c3)c3ccccc3n3ccnc43)c2)c(-c2ccc(-c3ccccc3)cc2)cc1-c1ccccn1. The van der Waals surface area contributed by atoms with E-state index >= 15 is 0 Å². The first-order valence-electron chi connectivity index (χ1n) is 25.5. The first kappa shape index (κ1) is 47.2. The molecule has 14 rings (SSSR count). The molecule has 0 aliphatic carbocycles. The number of aromatic nitrogens is 5. The summed E-state index contributed by atoms with van der Waals surface area (Å²) in [7, 11) is 0. The molecule has 0 saturated carbocycles. The first-order chi connectivity index (χ1) is 37.7. The van der Waals surface area contributed by atoms with Crippen LogP contribution in [-0.4, -0.2) is 24.1 Å². The largest absolute Gasteiger partial charge is 3.00 e. The summed E-state index contributed by atoms with van der Waals surface area (Å²) >= 11 is 0. The van der Waals surface area contributed by atoms with Gasteiger partial charge in [0.25, 0.3) is 0 Å². The Labute approximate surface area is 460 Å². The van der Waals surface area contributed by atoms with Gasteiger partial charge in [0, 0.05) is 36.5 Å². The van der Waals surface area contributed by atoms with Crippen molar-refractivity contribution in [2.45, 2.75) is 0 Å². The minimum atomic E-state index is 0. The van der Waals surface area contributed by atoms with Gasteiger partial charge >= 0.3 is 20.1 Å². The van der Waals surface area contributed by atoms with Crippen LogP contribution in [0.25, 0.3) is 133 Å². The molecule has 0 fully saturated rings. The van der Waals surface area contributed by atoms with E-state index in [1.54, 1.807) is 6.20 Å². The number of pyridine rings is 2. The molecular weight excluding hydrogens is 1120 g/mol. The fraction of sp³-hybridized carbons (Fsp3) is 0. The van der Waals surface area contributed by atoms with Crippen LogP contribution in [0, 0.1) is 18.2 Å². The third-order valence-corrected chi connectivity index (χ3v) is 14.6. The van der Waals surface area contributed by atoms with Crippen LogP contribution in [0.1, 0.15) is 0 Å². The van der Waals surface area contributed by atoms with Gasteiger partial charge in [-0.15, -0.1) is 59.0 Å². The predicted octanol–water partition coefficient (Wildman–Crippen LogP) is 17.6. The Morgan fingerprint density at radius 3 is 1.61 bits per heavy atom. The molecule has 5 nitrogen and oxygen atoms in total. The van der Waals surface area contributed by atoms with E-state index in [1.807, 2.05) is 53.7 Å². The van der Waals surface area contributed by atoms with Crippen molar-refractivity contribution in [1.29, 1.82) is 0 Å². The van der Waals surface area contributed by atoms with Crippen molar-refractivity contribution in [1.82, 2.24) is 24.1 Å². The summed E-state index contributed by atoms with van der Waals surface area (Å²) in [4.78, 5) is 9.54. The van der Waals surface area contributed by atoms with E-state index in [-0.39, 0.29) is 20.1 Å². The standard InChI is InChI=1S/C71H44N5.Ir/c1-2-15-48(16-3-1)49-26-28-51(29-27-49)67-47-53(69-24-12-13-38-72-69)33-36-64(67)63-22-9-8-21-62(63)56-44-54(60-19-6-4-17-58(60)50-30-34-57(35-31-50)76-41-14-39-74-76)43-55(45-56)61-20-7-5-18-59(61)52-32-37-66-68(46-52)65-23-10-11-25-70(65)75-42-40-73-71(66)75;/h1-32,34,36,38-47H;/q-3;+3. The van der Waals surface area contributed by atoms with Crippen LogP contribution in [0.5, 0.6) is 0 Å². The van der Waals surface area contributed by atoms with E-state index in [4.69, 9.17) is 9.97 Å². The fourth-order valence-corrected chi connectivity index (χ4v) is 10.9. The van der Waals surface area contributed by atoms with Gasteiger partial charge in [-0.25, -0.2) is 0 Å². The fourth-order valence-electron chi connectivity index (χ4n) is 10.9. The summed E-state index contributed by atoms with van der Waals surface area (Å²) in [6.07, 6.45) is 9.47. The zero-order valence-electron chi connectivity index (χ0n) is 41.5. The maximum Gasteiger partial charge on any atom is 3.00 e. The zero-order chi connectivity index (χ0) is 50.4. The number of nitrogens with zero attached hydrogens (tertiary/aromatic N) is 5. The third-order valence-electron chi connectivity index (χ3n) is 14.6. The van der Waals surface area contributed by atoms with Gasteiger partial charge in [-0.2, -0.15) is 23.3 Å². The van der Waals surface area contributed by atoms with Gasteiger partial charge in [-0.1, -0.05) is 196 Å². The van der Waals surface area contributed by atoms with Gasteiger partial charge in [-0.3, -0.25) is 9.67 Å². The monoisotopic (exact) mass is 1160 g/mol. The van der Waals surface area contributed by atoms with Crippen LogP contribution in [0.2, 0.25) is 0 Å². The molecule has 0 aliphatic rings. The van der Waals surface area contributed by atoms with Gasteiger partial charge in [0.1, 0.15) is 0 Å². The molecule has 0 N–H and O–H groups in total. The quantitative estimate of drug-likeness (QED) is 0.101. The molecule has 0 bridgehead atoms. The van der Waals surface area contributed by atoms with E-state index in [9.17, 15) is 0 Å². The molecule has 6 heteroatoms. The summed E-state index contributed by atoms with van der Waals surface area (Å²) < 4.78 is 4.00. The maximum absolute atomic E-state index is 4.79. The minimum absolute atomic E-state index is 0. The van der Waals surface area contributed by atoms with Crippen molar-refractivity contribution < 1.29 is 20.1 Å². The molecule has 0 aliphatic heterocycles. The van der Waals surface area contributed by atoms with Crippen LogP contribution < -0.4 is 0 Å². The van der Waals surface area contributed by atoms with Gasteiger partial charge in [0.05, 0.1) is 5.65 Å². The average molecular weight is 1160 g/mol. The van der Waals surface area contributed by atoms with Gasteiger partial charge in [0.2, 0.25) is 0 Å². The van der Waals surface area contributed by atoms with Crippen molar-refractivity contribution in [2.24, 2.45) is 0 Å². The normalized spacial score (nSPS) is 11.3. The summed E-state index contributed by atoms with van der Waals surface area (Å²) in [5.41, 5.74) is 22.4. The van der Waals surface area contributed by atoms with Crippen LogP contribution in [0.3, 0.4) is 0 Å². The number of imidazole rings is 1. The van der Waals surface area contributed by atoms with Crippen molar-refractivity contribution in [3.05, 3.63) is 286 Å². The third kappa shape index (κ3) is 8.76. The number of fused-ring (bicyclic) bond motifs is 6. The van der Waals surface area contributed by atoms with Crippen LogP contribution in [0.15, 0.2) is 268 Å². The second kappa shape index (κ2) is 20.3. The summed E-state index contributed by atoms with van der Waals surface area (Å²) in [6.45, 7) is 0. The zero-order valence-corrected chi connectivity index (χ0v) is 43.9. The van der Waals surface area contributed by atoms with Gasteiger partial charge in [-0.05, 0) is 103 Å². The molecule has 0 atom stereocenters. The Morgan fingerprint density at radius 1 is 0.338 bits per heavy atom. The number of hydrogen-bond donors (Lipinski definition) is 0. The molecule has 4 aromatic heterocycles. The molecule has 77 heavy (non-hydrogen) atoms. The Kier molecular flexibility index (Phi) is 12.4. The van der Waals surface area contributed by atoms with Crippen molar-refractivity contribution in [3.8, 4) is 106 Å². The molecule has 0 spiro atoms. The summed E-state index contributed by atoms with van der Waals surface area (Å²) in [5.74, 6) is 0. The van der Waals surface area contributed by atoms with Crippen LogP contribution in [-0.2, 0) is 20.1 Å². The number of rotatable bonds is 10. The van der Waals surface area contributed by atoms with E-state index in [0.717, 1.165) is 122 Å². The topological polar surface area (TPSA) is 48.0 Å². The summed E-state index contributed by atoms with van der Waals surface area (Å²) in [5, 5.41) is 7.72. The Morgan fingerprint density at radius 2 is 0.935 bits per heavy atom. The summed E-state index contributed by atoms with van der Waals surface area (Å²) in [6, 6.07) is 95.4. The Bertz CT molecular complexity index is 4430. The molecule has 14 aromatic rings. The van der Waals surface area contributed by atoms with Crippen molar-refractivity contribution in [3.63, 3.8) is 0 Å². The second-order valence-corrected chi connectivity index (χ2v) is 19.0. The molecule has 0 saturated heterocycles. The number of para-hydroxylation sites is 1. The van der Waals surface area contributed by atoms with Gasteiger partial charge in [0.15, 0.2) is 0 Å².